The van der Waals surface area contributed by atoms with Crippen LogP contribution in [0.4, 0.5) is 0 Å². The lowest BCUT2D eigenvalue weighted by Crippen LogP contribution is -2.35. The second-order valence-electron chi connectivity index (χ2n) is 8.97. The van der Waals surface area contributed by atoms with Crippen LogP contribution in [0.25, 0.3) is 0 Å². The monoisotopic (exact) mass is 529 g/mol. The lowest BCUT2D eigenvalue weighted by atomic mass is 10.1. The Morgan fingerprint density at radius 3 is 1.78 bits per heavy atom. The summed E-state index contributed by atoms with van der Waals surface area (Å²) in [5.74, 6) is -0.928. The molecule has 1 atom stereocenters. The quantitative estimate of drug-likeness (QED) is 0.139. The number of aryl methyl sites for hydroxylation is 1. The van der Waals surface area contributed by atoms with Crippen LogP contribution in [0, 0.1) is 6.92 Å². The van der Waals surface area contributed by atoms with Gasteiger partial charge in [0, 0.05) is 0 Å². The number of rotatable bonds is 18. The molecular formula is C27H47NO7S. The number of carbonyl (C=O) groups excluding carboxylic acids is 2. The highest BCUT2D eigenvalue weighted by Gasteiger charge is 2.19. The van der Waals surface area contributed by atoms with Gasteiger partial charge in [-0.05, 0) is 31.4 Å². The Labute approximate surface area is 218 Å². The van der Waals surface area contributed by atoms with Gasteiger partial charge in [0.05, 0.1) is 24.5 Å². The Balaban J connectivity index is 0.000000918. The maximum Gasteiger partial charge on any atom is 0.323 e. The topological polar surface area (TPSA) is 133 Å². The Kier molecular flexibility index (Phi) is 20.0. The normalized spacial score (nSPS) is 11.8. The van der Waals surface area contributed by atoms with Crippen molar-refractivity contribution in [3.63, 3.8) is 0 Å². The van der Waals surface area contributed by atoms with Gasteiger partial charge in [0.2, 0.25) is 0 Å². The summed E-state index contributed by atoms with van der Waals surface area (Å²) in [6, 6.07) is 5.35. The van der Waals surface area contributed by atoms with Crippen LogP contribution in [0.3, 0.4) is 0 Å². The molecule has 8 nitrogen and oxygen atoms in total. The van der Waals surface area contributed by atoms with Crippen LogP contribution in [0.1, 0.15) is 103 Å². The fraction of sp³-hybridized carbons (Fsp3) is 0.704. The molecule has 0 heterocycles. The fourth-order valence-electron chi connectivity index (χ4n) is 3.40. The van der Waals surface area contributed by atoms with Crippen molar-refractivity contribution in [3.05, 3.63) is 29.8 Å². The summed E-state index contributed by atoms with van der Waals surface area (Å²) < 4.78 is 40.1. The first-order valence-corrected chi connectivity index (χ1v) is 14.7. The van der Waals surface area contributed by atoms with Crippen LogP contribution in [0.2, 0.25) is 0 Å². The van der Waals surface area contributed by atoms with Crippen LogP contribution in [0.5, 0.6) is 0 Å². The van der Waals surface area contributed by atoms with E-state index < -0.39 is 28.1 Å². The van der Waals surface area contributed by atoms with Gasteiger partial charge in [-0.25, -0.2) is 0 Å². The molecule has 208 valence electrons. The Morgan fingerprint density at radius 1 is 0.833 bits per heavy atom. The highest BCUT2D eigenvalue weighted by atomic mass is 32.2. The third kappa shape index (κ3) is 18.3. The lowest BCUT2D eigenvalue weighted by Gasteiger charge is -2.11. The molecule has 0 saturated carbocycles. The number of unbranched alkanes of at least 4 members (excludes halogenated alkanes) is 10. The fourth-order valence-corrected chi connectivity index (χ4v) is 4.12. The van der Waals surface area contributed by atoms with E-state index in [9.17, 15) is 18.0 Å². The summed E-state index contributed by atoms with van der Waals surface area (Å²) >= 11 is 0. The van der Waals surface area contributed by atoms with Crippen molar-refractivity contribution in [2.45, 2.75) is 115 Å². The van der Waals surface area contributed by atoms with Gasteiger partial charge >= 0.3 is 11.9 Å². The number of benzene rings is 1. The van der Waals surface area contributed by atoms with Crippen molar-refractivity contribution in [2.75, 3.05) is 13.2 Å². The highest BCUT2D eigenvalue weighted by Crippen LogP contribution is 2.12. The highest BCUT2D eigenvalue weighted by molar-refractivity contribution is 7.85. The molecule has 9 heteroatoms. The van der Waals surface area contributed by atoms with Crippen LogP contribution in [-0.4, -0.2) is 44.2 Å². The van der Waals surface area contributed by atoms with Gasteiger partial charge in [0.15, 0.2) is 0 Å². The molecule has 1 rings (SSSR count). The molecule has 0 spiro atoms. The van der Waals surface area contributed by atoms with Gasteiger partial charge < -0.3 is 15.2 Å². The van der Waals surface area contributed by atoms with Gasteiger partial charge in [-0.2, -0.15) is 8.42 Å². The molecule has 1 unspecified atom stereocenters. The minimum absolute atomic E-state index is 0.0278. The first-order chi connectivity index (χ1) is 17.1. The molecular weight excluding hydrogens is 482 g/mol. The number of carbonyl (C=O) groups is 2. The number of ether oxygens (including phenoxy) is 2. The average molecular weight is 530 g/mol. The largest absolute Gasteiger partial charge is 0.466 e. The molecule has 0 fully saturated rings. The van der Waals surface area contributed by atoms with E-state index in [1.165, 1.54) is 57.4 Å². The van der Waals surface area contributed by atoms with E-state index in [1.54, 1.807) is 25.1 Å². The molecule has 0 radical (unpaired) electrons. The zero-order chi connectivity index (χ0) is 27.2. The average Bonchev–Trinajstić information content (AvgIpc) is 2.82. The predicted octanol–water partition coefficient (Wildman–Crippen LogP) is 5.75. The molecule has 0 aliphatic heterocycles. The minimum atomic E-state index is -4.03. The second-order valence-corrected chi connectivity index (χ2v) is 10.4. The molecule has 0 amide bonds. The van der Waals surface area contributed by atoms with Gasteiger partial charge in [0.25, 0.3) is 10.1 Å². The first kappa shape index (κ1) is 34.0. The summed E-state index contributed by atoms with van der Waals surface area (Å²) in [5, 5.41) is 0. The molecule has 0 saturated heterocycles. The van der Waals surface area contributed by atoms with E-state index in [2.05, 4.69) is 13.8 Å². The lowest BCUT2D eigenvalue weighted by molar-refractivity contribution is -0.152. The van der Waals surface area contributed by atoms with E-state index >= 15 is 0 Å². The van der Waals surface area contributed by atoms with E-state index in [0.717, 1.165) is 25.7 Å². The molecule has 0 bridgehead atoms. The van der Waals surface area contributed by atoms with Gasteiger partial charge in [-0.15, -0.1) is 0 Å². The summed E-state index contributed by atoms with van der Waals surface area (Å²) in [7, 11) is -4.03. The van der Waals surface area contributed by atoms with Crippen LogP contribution < -0.4 is 5.73 Å². The maximum absolute atomic E-state index is 11.7. The van der Waals surface area contributed by atoms with Gasteiger partial charge in [-0.3, -0.25) is 14.1 Å². The zero-order valence-corrected chi connectivity index (χ0v) is 23.2. The van der Waals surface area contributed by atoms with Crippen molar-refractivity contribution < 1.29 is 32.0 Å². The van der Waals surface area contributed by atoms with Gasteiger partial charge in [-0.1, -0.05) is 96.3 Å². The number of hydrogen-bond donors (Lipinski definition) is 2. The standard InChI is InChI=1S/C20H39NO4.C7H8O3S/c1-3-5-7-9-11-13-15-24-19(22)17-18(21)20(23)25-16-14-12-10-8-6-4-2;1-6-4-2-3-5-7(6)11(8,9)10/h18H,3-17,21H2,1-2H3;2-5H,1H3,(H,8,9,10). The van der Waals surface area contributed by atoms with E-state index in [0.29, 0.717) is 18.8 Å². The Bertz CT molecular complexity index is 827. The van der Waals surface area contributed by atoms with E-state index in [4.69, 9.17) is 19.8 Å². The molecule has 1 aromatic carbocycles. The summed E-state index contributed by atoms with van der Waals surface area (Å²) in [4.78, 5) is 23.4. The van der Waals surface area contributed by atoms with Crippen molar-refractivity contribution in [1.29, 1.82) is 0 Å². The number of esters is 2. The van der Waals surface area contributed by atoms with Crippen molar-refractivity contribution >= 4 is 22.1 Å². The Hall–Kier alpha value is -1.97. The van der Waals surface area contributed by atoms with E-state index in [1.807, 2.05) is 0 Å². The maximum atomic E-state index is 11.7. The molecule has 0 aromatic heterocycles. The minimum Gasteiger partial charge on any atom is -0.466 e. The summed E-state index contributed by atoms with van der Waals surface area (Å²) in [6.45, 7) is 6.78. The smallest absolute Gasteiger partial charge is 0.323 e. The third-order valence-electron chi connectivity index (χ3n) is 5.56. The van der Waals surface area contributed by atoms with Crippen LogP contribution in [-0.2, 0) is 29.2 Å². The molecule has 0 aliphatic rings. The van der Waals surface area contributed by atoms with Crippen LogP contribution in [0.15, 0.2) is 29.2 Å². The first-order valence-electron chi connectivity index (χ1n) is 13.2. The molecule has 36 heavy (non-hydrogen) atoms. The third-order valence-corrected chi connectivity index (χ3v) is 6.58. The summed E-state index contributed by atoms with van der Waals surface area (Å²) in [5.41, 5.74) is 6.26. The molecule has 1 aromatic rings. The number of nitrogens with two attached hydrogens (primary N) is 1. The SMILES string of the molecule is CCCCCCCCOC(=O)CC(N)C(=O)OCCCCCCCC.Cc1ccccc1S(=O)(=O)O. The van der Waals surface area contributed by atoms with Gasteiger partial charge in [0.1, 0.15) is 6.04 Å². The molecule has 3 N–H and O–H groups in total. The predicted molar refractivity (Wildman–Crippen MR) is 142 cm³/mol. The zero-order valence-electron chi connectivity index (χ0n) is 22.4. The molecule has 0 aliphatic carbocycles. The summed E-state index contributed by atoms with van der Waals surface area (Å²) in [6.07, 6.45) is 13.5. The van der Waals surface area contributed by atoms with Crippen LogP contribution >= 0.6 is 0 Å². The van der Waals surface area contributed by atoms with Crippen molar-refractivity contribution in [3.8, 4) is 0 Å². The van der Waals surface area contributed by atoms with E-state index in [-0.39, 0.29) is 11.3 Å². The number of hydrogen-bond acceptors (Lipinski definition) is 7. The van der Waals surface area contributed by atoms with Crippen molar-refractivity contribution in [2.24, 2.45) is 5.73 Å². The van der Waals surface area contributed by atoms with Crippen molar-refractivity contribution in [1.82, 2.24) is 0 Å². The Morgan fingerprint density at radius 2 is 1.31 bits per heavy atom. The second kappa shape index (κ2) is 21.1.